The molecule has 2 fully saturated rings. The van der Waals surface area contributed by atoms with Crippen LogP contribution in [0.4, 0.5) is 10.5 Å². The van der Waals surface area contributed by atoms with E-state index in [-0.39, 0.29) is 12.3 Å². The zero-order valence-corrected chi connectivity index (χ0v) is 17.1. The topological polar surface area (TPSA) is 59.8 Å². The molecular weight excluding hydrogens is 356 g/mol. The van der Waals surface area contributed by atoms with Crippen molar-refractivity contribution in [2.45, 2.75) is 51.9 Å². The molecule has 0 radical (unpaired) electrons. The van der Waals surface area contributed by atoms with E-state index >= 15 is 0 Å². The normalized spacial score (nSPS) is 21.2. The zero-order chi connectivity index (χ0) is 19.7. The maximum atomic E-state index is 12.3. The molecule has 0 bridgehead atoms. The van der Waals surface area contributed by atoms with E-state index in [0.717, 1.165) is 43.4 Å². The van der Waals surface area contributed by atoms with E-state index in [1.54, 1.807) is 4.90 Å². The van der Waals surface area contributed by atoms with Gasteiger partial charge in [0.05, 0.1) is 11.7 Å². The fourth-order valence-corrected chi connectivity index (χ4v) is 3.93. The largest absolute Gasteiger partial charge is 0.444 e. The van der Waals surface area contributed by atoms with E-state index in [1.807, 2.05) is 31.6 Å². The van der Waals surface area contributed by atoms with Gasteiger partial charge in [-0.3, -0.25) is 0 Å². The lowest BCUT2D eigenvalue weighted by molar-refractivity contribution is -0.0366. The standard InChI is InChI=1S/C21H30N4O3/c1-21(2,3)28-20(26)24-12-10-23(11-13-24)17-7-6-8-18-16(17)15-22-25(18)19-9-4-5-14-27-19/h6-8,15,19H,4-5,9-14H2,1-3H3. The minimum Gasteiger partial charge on any atom is -0.444 e. The summed E-state index contributed by atoms with van der Waals surface area (Å²) in [5.41, 5.74) is 1.82. The third-order valence-electron chi connectivity index (χ3n) is 5.32. The van der Waals surface area contributed by atoms with Crippen LogP contribution in [-0.4, -0.2) is 59.2 Å². The van der Waals surface area contributed by atoms with E-state index in [0.29, 0.717) is 13.1 Å². The molecule has 0 spiro atoms. The molecule has 1 aromatic heterocycles. The second-order valence-electron chi connectivity index (χ2n) is 8.57. The van der Waals surface area contributed by atoms with Gasteiger partial charge < -0.3 is 19.3 Å². The molecule has 7 heteroatoms. The zero-order valence-electron chi connectivity index (χ0n) is 17.1. The Labute approximate surface area is 166 Å². The number of rotatable bonds is 2. The number of aromatic nitrogens is 2. The number of carbonyl (C=O) groups excluding carboxylic acids is 1. The predicted octanol–water partition coefficient (Wildman–Crippen LogP) is 3.79. The van der Waals surface area contributed by atoms with Crippen LogP contribution in [0, 0.1) is 0 Å². The summed E-state index contributed by atoms with van der Waals surface area (Å²) in [5, 5.41) is 5.78. The molecule has 0 saturated carbocycles. The van der Waals surface area contributed by atoms with Crippen LogP contribution in [0.5, 0.6) is 0 Å². The molecule has 2 saturated heterocycles. The second-order valence-corrected chi connectivity index (χ2v) is 8.57. The molecule has 2 aliphatic heterocycles. The first-order chi connectivity index (χ1) is 13.4. The van der Waals surface area contributed by atoms with Crippen molar-refractivity contribution in [3.05, 3.63) is 24.4 Å². The monoisotopic (exact) mass is 386 g/mol. The van der Waals surface area contributed by atoms with E-state index in [2.05, 4.69) is 28.2 Å². The molecule has 1 amide bonds. The van der Waals surface area contributed by atoms with Crippen LogP contribution in [0.15, 0.2) is 24.4 Å². The van der Waals surface area contributed by atoms with Gasteiger partial charge in [-0.1, -0.05) is 6.07 Å². The number of benzene rings is 1. The van der Waals surface area contributed by atoms with Crippen molar-refractivity contribution in [3.8, 4) is 0 Å². The highest BCUT2D eigenvalue weighted by Crippen LogP contribution is 2.31. The number of amides is 1. The Bertz CT molecular complexity index is 828. The Morgan fingerprint density at radius 1 is 1.18 bits per heavy atom. The summed E-state index contributed by atoms with van der Waals surface area (Å²) in [6.07, 6.45) is 5.07. The van der Waals surface area contributed by atoms with Crippen molar-refractivity contribution in [2.75, 3.05) is 37.7 Å². The summed E-state index contributed by atoms with van der Waals surface area (Å²) >= 11 is 0. The summed E-state index contributed by atoms with van der Waals surface area (Å²) in [6, 6.07) is 6.33. The van der Waals surface area contributed by atoms with Gasteiger partial charge in [0.15, 0.2) is 6.23 Å². The van der Waals surface area contributed by atoms with Gasteiger partial charge in [0.1, 0.15) is 5.60 Å². The van der Waals surface area contributed by atoms with Gasteiger partial charge in [-0.05, 0) is 52.2 Å². The van der Waals surface area contributed by atoms with Crippen molar-refractivity contribution >= 4 is 22.7 Å². The first-order valence-electron chi connectivity index (χ1n) is 10.2. The second kappa shape index (κ2) is 7.62. The van der Waals surface area contributed by atoms with Gasteiger partial charge in [0.2, 0.25) is 0 Å². The number of hydrogen-bond donors (Lipinski definition) is 0. The molecule has 1 aromatic carbocycles. The maximum Gasteiger partial charge on any atom is 0.410 e. The molecule has 7 nitrogen and oxygen atoms in total. The molecule has 0 N–H and O–H groups in total. The Morgan fingerprint density at radius 2 is 1.96 bits per heavy atom. The molecule has 2 aliphatic rings. The first kappa shape index (κ1) is 19.1. The van der Waals surface area contributed by atoms with Crippen LogP contribution in [-0.2, 0) is 9.47 Å². The molecule has 2 aromatic rings. The van der Waals surface area contributed by atoms with Gasteiger partial charge in [-0.2, -0.15) is 5.10 Å². The minimum absolute atomic E-state index is 0.0329. The summed E-state index contributed by atoms with van der Waals surface area (Å²) in [4.78, 5) is 16.4. The lowest BCUT2D eigenvalue weighted by Gasteiger charge is -2.37. The van der Waals surface area contributed by atoms with Gasteiger partial charge in [0.25, 0.3) is 0 Å². The summed E-state index contributed by atoms with van der Waals surface area (Å²) in [7, 11) is 0. The number of fused-ring (bicyclic) bond motifs is 1. The van der Waals surface area contributed by atoms with Crippen LogP contribution in [0.1, 0.15) is 46.3 Å². The quantitative estimate of drug-likeness (QED) is 0.786. The Balaban J connectivity index is 1.48. The summed E-state index contributed by atoms with van der Waals surface area (Å²) in [6.45, 7) is 9.38. The van der Waals surface area contributed by atoms with Gasteiger partial charge in [-0.25, -0.2) is 9.48 Å². The average molecular weight is 386 g/mol. The number of piperazine rings is 1. The summed E-state index contributed by atoms with van der Waals surface area (Å²) in [5.74, 6) is 0. The predicted molar refractivity (Wildman–Crippen MR) is 109 cm³/mol. The third-order valence-corrected chi connectivity index (χ3v) is 5.32. The lowest BCUT2D eigenvalue weighted by atomic mass is 10.1. The Hall–Kier alpha value is -2.28. The lowest BCUT2D eigenvalue weighted by Crippen LogP contribution is -2.50. The van der Waals surface area contributed by atoms with Crippen molar-refractivity contribution in [1.29, 1.82) is 0 Å². The molecule has 1 atom stereocenters. The highest BCUT2D eigenvalue weighted by atomic mass is 16.6. The van der Waals surface area contributed by atoms with Gasteiger partial charge in [-0.15, -0.1) is 0 Å². The van der Waals surface area contributed by atoms with Crippen molar-refractivity contribution in [1.82, 2.24) is 14.7 Å². The fourth-order valence-electron chi connectivity index (χ4n) is 3.93. The molecule has 28 heavy (non-hydrogen) atoms. The highest BCUT2D eigenvalue weighted by molar-refractivity contribution is 5.92. The molecule has 0 aliphatic carbocycles. The smallest absolute Gasteiger partial charge is 0.410 e. The summed E-state index contributed by atoms with van der Waals surface area (Å²) < 4.78 is 13.4. The highest BCUT2D eigenvalue weighted by Gasteiger charge is 2.27. The number of nitrogens with zero attached hydrogens (tertiary/aromatic N) is 4. The van der Waals surface area contributed by atoms with Crippen LogP contribution < -0.4 is 4.90 Å². The number of ether oxygens (including phenoxy) is 2. The molecule has 3 heterocycles. The van der Waals surface area contributed by atoms with E-state index in [4.69, 9.17) is 9.47 Å². The van der Waals surface area contributed by atoms with E-state index < -0.39 is 5.60 Å². The van der Waals surface area contributed by atoms with Crippen LogP contribution in [0.2, 0.25) is 0 Å². The first-order valence-corrected chi connectivity index (χ1v) is 10.2. The van der Waals surface area contributed by atoms with Crippen molar-refractivity contribution in [3.63, 3.8) is 0 Å². The van der Waals surface area contributed by atoms with Crippen molar-refractivity contribution < 1.29 is 14.3 Å². The van der Waals surface area contributed by atoms with Crippen LogP contribution in [0.25, 0.3) is 10.9 Å². The van der Waals surface area contributed by atoms with Gasteiger partial charge in [0, 0.05) is 43.9 Å². The molecule has 152 valence electrons. The van der Waals surface area contributed by atoms with Crippen LogP contribution in [0.3, 0.4) is 0 Å². The number of hydrogen-bond acceptors (Lipinski definition) is 5. The molecule has 1 unspecified atom stereocenters. The number of anilines is 1. The van der Waals surface area contributed by atoms with Crippen LogP contribution >= 0.6 is 0 Å². The van der Waals surface area contributed by atoms with E-state index in [9.17, 15) is 4.79 Å². The van der Waals surface area contributed by atoms with E-state index in [1.165, 1.54) is 12.1 Å². The third kappa shape index (κ3) is 3.94. The van der Waals surface area contributed by atoms with Gasteiger partial charge >= 0.3 is 6.09 Å². The Kier molecular flexibility index (Phi) is 5.19. The molecular formula is C21H30N4O3. The SMILES string of the molecule is CC(C)(C)OC(=O)N1CCN(c2cccc3c2cnn3C2CCCCO2)CC1. The van der Waals surface area contributed by atoms with Crippen molar-refractivity contribution in [2.24, 2.45) is 0 Å². The average Bonchev–Trinajstić information content (AvgIpc) is 3.12. The fraction of sp³-hybridized carbons (Fsp3) is 0.619. The number of carbonyl (C=O) groups is 1. The molecule has 4 rings (SSSR count). The maximum absolute atomic E-state index is 12.3. The minimum atomic E-state index is -0.463. The Morgan fingerprint density at radius 3 is 2.64 bits per heavy atom.